The zero-order valence-corrected chi connectivity index (χ0v) is 10.9. The fourth-order valence-electron chi connectivity index (χ4n) is 1.36. The molecule has 0 aromatic heterocycles. The first-order chi connectivity index (χ1) is 6.49. The third-order valence-electron chi connectivity index (χ3n) is 2.14. The van der Waals surface area contributed by atoms with E-state index < -0.39 is 0 Å². The standard InChI is InChI=1S/C12H17S2/c1-12(2,3)10-7-6-9(13-4)8-11(10)14-5/h6-8H,1H2,2-5H3. The monoisotopic (exact) mass is 225 g/mol. The molecule has 0 heterocycles. The van der Waals surface area contributed by atoms with Crippen LogP contribution < -0.4 is 0 Å². The van der Waals surface area contributed by atoms with E-state index in [1.165, 1.54) is 15.4 Å². The van der Waals surface area contributed by atoms with Crippen LogP contribution in [-0.2, 0) is 5.41 Å². The van der Waals surface area contributed by atoms with Crippen molar-refractivity contribution in [1.29, 1.82) is 0 Å². The van der Waals surface area contributed by atoms with Crippen LogP contribution in [0.5, 0.6) is 0 Å². The van der Waals surface area contributed by atoms with Crippen LogP contribution in [0.2, 0.25) is 0 Å². The second kappa shape index (κ2) is 4.63. The fraction of sp³-hybridized carbons (Fsp3) is 0.417. The lowest BCUT2D eigenvalue weighted by Crippen LogP contribution is -2.12. The van der Waals surface area contributed by atoms with Crippen molar-refractivity contribution in [2.45, 2.75) is 29.1 Å². The number of hydrogen-bond acceptors (Lipinski definition) is 2. The third kappa shape index (κ3) is 2.71. The van der Waals surface area contributed by atoms with Crippen molar-refractivity contribution in [3.8, 4) is 0 Å². The Labute approximate surface area is 95.9 Å². The molecule has 0 saturated heterocycles. The quantitative estimate of drug-likeness (QED) is 0.706. The van der Waals surface area contributed by atoms with E-state index in [9.17, 15) is 0 Å². The van der Waals surface area contributed by atoms with E-state index in [2.05, 4.69) is 51.5 Å². The molecule has 0 fully saturated rings. The summed E-state index contributed by atoms with van der Waals surface area (Å²) in [5, 5.41) is 0. The molecule has 0 nitrogen and oxygen atoms in total. The van der Waals surface area contributed by atoms with E-state index in [1.54, 1.807) is 23.5 Å². The molecule has 0 unspecified atom stereocenters. The van der Waals surface area contributed by atoms with Crippen LogP contribution in [0.25, 0.3) is 0 Å². The van der Waals surface area contributed by atoms with Gasteiger partial charge in [-0.1, -0.05) is 19.9 Å². The molecule has 0 spiro atoms. The van der Waals surface area contributed by atoms with Crippen molar-refractivity contribution in [3.63, 3.8) is 0 Å². The van der Waals surface area contributed by atoms with Gasteiger partial charge >= 0.3 is 0 Å². The minimum Gasteiger partial charge on any atom is -0.130 e. The van der Waals surface area contributed by atoms with Crippen LogP contribution in [0, 0.1) is 6.92 Å². The van der Waals surface area contributed by atoms with Crippen LogP contribution >= 0.6 is 23.5 Å². The smallest absolute Gasteiger partial charge is 0.0118 e. The van der Waals surface area contributed by atoms with Gasteiger partial charge in [0.25, 0.3) is 0 Å². The molecule has 1 rings (SSSR count). The van der Waals surface area contributed by atoms with Gasteiger partial charge in [0.15, 0.2) is 0 Å². The van der Waals surface area contributed by atoms with Gasteiger partial charge in [-0.15, -0.1) is 23.5 Å². The molecule has 1 radical (unpaired) electrons. The van der Waals surface area contributed by atoms with Crippen LogP contribution in [0.4, 0.5) is 0 Å². The highest BCUT2D eigenvalue weighted by Gasteiger charge is 2.17. The van der Waals surface area contributed by atoms with E-state index in [-0.39, 0.29) is 5.41 Å². The zero-order chi connectivity index (χ0) is 10.8. The molecular formula is C12H17S2. The molecule has 1 aromatic rings. The summed E-state index contributed by atoms with van der Waals surface area (Å²) in [7, 11) is 0. The Bertz CT molecular complexity index is 311. The number of benzene rings is 1. The lowest BCUT2D eigenvalue weighted by molar-refractivity contribution is 0.649. The van der Waals surface area contributed by atoms with E-state index in [0.29, 0.717) is 0 Å². The Morgan fingerprint density at radius 2 is 1.79 bits per heavy atom. The van der Waals surface area contributed by atoms with Gasteiger partial charge in [0.1, 0.15) is 0 Å². The van der Waals surface area contributed by atoms with E-state index in [1.807, 2.05) is 0 Å². The molecule has 2 heteroatoms. The second-order valence-electron chi connectivity index (χ2n) is 3.95. The van der Waals surface area contributed by atoms with Crippen LogP contribution in [0.3, 0.4) is 0 Å². The molecule has 14 heavy (non-hydrogen) atoms. The lowest BCUT2D eigenvalue weighted by atomic mass is 9.87. The van der Waals surface area contributed by atoms with Gasteiger partial charge in [-0.05, 0) is 42.5 Å². The van der Waals surface area contributed by atoms with Crippen LogP contribution in [0.1, 0.15) is 19.4 Å². The molecular weight excluding hydrogens is 208 g/mol. The Morgan fingerprint density at radius 1 is 1.14 bits per heavy atom. The van der Waals surface area contributed by atoms with Crippen molar-refractivity contribution in [1.82, 2.24) is 0 Å². The average Bonchev–Trinajstić information content (AvgIpc) is 2.15. The van der Waals surface area contributed by atoms with Crippen molar-refractivity contribution in [3.05, 3.63) is 30.7 Å². The zero-order valence-electron chi connectivity index (χ0n) is 9.26. The Kier molecular flexibility index (Phi) is 3.96. The van der Waals surface area contributed by atoms with Gasteiger partial charge in [0.2, 0.25) is 0 Å². The summed E-state index contributed by atoms with van der Waals surface area (Å²) in [6.45, 7) is 8.49. The van der Waals surface area contributed by atoms with Crippen LogP contribution in [0.15, 0.2) is 28.0 Å². The molecule has 0 aliphatic heterocycles. The van der Waals surface area contributed by atoms with Crippen molar-refractivity contribution in [2.75, 3.05) is 12.5 Å². The van der Waals surface area contributed by atoms with Crippen molar-refractivity contribution in [2.24, 2.45) is 0 Å². The van der Waals surface area contributed by atoms with Crippen LogP contribution in [-0.4, -0.2) is 12.5 Å². The van der Waals surface area contributed by atoms with Gasteiger partial charge in [-0.25, -0.2) is 0 Å². The maximum absolute atomic E-state index is 4.18. The maximum Gasteiger partial charge on any atom is 0.0118 e. The molecule has 77 valence electrons. The number of thioether (sulfide) groups is 2. The topological polar surface area (TPSA) is 0 Å². The maximum atomic E-state index is 4.18. The average molecular weight is 225 g/mol. The normalized spacial score (nSPS) is 11.8. The van der Waals surface area contributed by atoms with Gasteiger partial charge < -0.3 is 0 Å². The lowest BCUT2D eigenvalue weighted by Gasteiger charge is -2.22. The highest BCUT2D eigenvalue weighted by atomic mass is 32.2. The first-order valence-electron chi connectivity index (χ1n) is 4.57. The summed E-state index contributed by atoms with van der Waals surface area (Å²) in [5.74, 6) is 0. The molecule has 0 atom stereocenters. The molecule has 0 saturated carbocycles. The van der Waals surface area contributed by atoms with Gasteiger partial charge in [0.05, 0.1) is 0 Å². The van der Waals surface area contributed by atoms with Gasteiger partial charge in [0, 0.05) is 9.79 Å². The number of hydrogen-bond donors (Lipinski definition) is 0. The summed E-state index contributed by atoms with van der Waals surface area (Å²) in [6.07, 6.45) is 4.23. The molecule has 0 amide bonds. The van der Waals surface area contributed by atoms with Gasteiger partial charge in [-0.2, -0.15) is 0 Å². The summed E-state index contributed by atoms with van der Waals surface area (Å²) in [5.41, 5.74) is 1.33. The van der Waals surface area contributed by atoms with E-state index in [0.717, 1.165) is 0 Å². The summed E-state index contributed by atoms with van der Waals surface area (Å²) in [4.78, 5) is 2.67. The molecule has 0 bridgehead atoms. The largest absolute Gasteiger partial charge is 0.130 e. The summed E-state index contributed by atoms with van der Waals surface area (Å²) >= 11 is 3.58. The Morgan fingerprint density at radius 3 is 2.21 bits per heavy atom. The summed E-state index contributed by atoms with van der Waals surface area (Å²) < 4.78 is 0. The van der Waals surface area contributed by atoms with Crippen molar-refractivity contribution >= 4 is 23.5 Å². The number of rotatable bonds is 3. The predicted octanol–water partition coefficient (Wildman–Crippen LogP) is 4.24. The Hall–Kier alpha value is -0.0800. The SMILES string of the molecule is [CH2]C(C)(C)c1ccc(SC)cc1SC. The minimum absolute atomic E-state index is 0.00468. The first kappa shape index (κ1) is 12.0. The fourth-order valence-corrected chi connectivity index (χ4v) is 2.68. The van der Waals surface area contributed by atoms with Gasteiger partial charge in [-0.3, -0.25) is 0 Å². The Balaban J connectivity index is 3.18. The summed E-state index contributed by atoms with van der Waals surface area (Å²) in [6, 6.07) is 6.62. The highest BCUT2D eigenvalue weighted by molar-refractivity contribution is 7.99. The molecule has 1 aromatic carbocycles. The minimum atomic E-state index is -0.00468. The third-order valence-corrected chi connectivity index (χ3v) is 3.64. The second-order valence-corrected chi connectivity index (χ2v) is 5.68. The van der Waals surface area contributed by atoms with E-state index in [4.69, 9.17) is 0 Å². The highest BCUT2D eigenvalue weighted by Crippen LogP contribution is 2.33. The molecule has 0 N–H and O–H groups in total. The molecule has 0 aliphatic carbocycles. The molecule has 0 aliphatic rings. The first-order valence-corrected chi connectivity index (χ1v) is 7.02. The van der Waals surface area contributed by atoms with E-state index >= 15 is 0 Å². The van der Waals surface area contributed by atoms with Crippen molar-refractivity contribution < 1.29 is 0 Å². The predicted molar refractivity (Wildman–Crippen MR) is 68.4 cm³/mol.